The summed E-state index contributed by atoms with van der Waals surface area (Å²) in [5.74, 6) is 1.33. The van der Waals surface area contributed by atoms with Crippen LogP contribution in [-0.4, -0.2) is 17.6 Å². The number of benzene rings is 10. The van der Waals surface area contributed by atoms with Crippen LogP contribution in [0.4, 0.5) is 22.7 Å². The molecule has 2 aliphatic heterocycles. The van der Waals surface area contributed by atoms with Crippen molar-refractivity contribution in [3.63, 3.8) is 0 Å². The van der Waals surface area contributed by atoms with E-state index >= 15 is 0 Å². The van der Waals surface area contributed by atoms with Gasteiger partial charge in [-0.25, -0.2) is 4.98 Å². The Morgan fingerprint density at radius 3 is 2.03 bits per heavy atom. The molecule has 12 aromatic rings. The van der Waals surface area contributed by atoms with Crippen molar-refractivity contribution >= 4 is 73.4 Å². The predicted octanol–water partition coefficient (Wildman–Crippen LogP) is 15.3. The Balaban J connectivity index is 0.00000686. The van der Waals surface area contributed by atoms with Gasteiger partial charge in [-0.3, -0.25) is 0 Å². The monoisotopic (exact) mass is 1210 g/mol. The molecule has 10 aromatic carbocycles. The van der Waals surface area contributed by atoms with Crippen molar-refractivity contribution in [2.75, 3.05) is 9.80 Å². The number of hydrogen-bond acceptors (Lipinski definition) is 4. The van der Waals surface area contributed by atoms with Crippen molar-refractivity contribution in [2.24, 2.45) is 0 Å². The average Bonchev–Trinajstić information content (AvgIpc) is 1.57. The molecule has 7 heteroatoms. The summed E-state index contributed by atoms with van der Waals surface area (Å²) in [5.41, 5.74) is 9.79. The second kappa shape index (κ2) is 19.5. The summed E-state index contributed by atoms with van der Waals surface area (Å²) in [6.07, 6.45) is 1.55. The molecule has 0 amide bonds. The number of hydrogen-bond donors (Lipinski definition) is 0. The SMILES string of the molecule is [2H]c1c([2H])c([2H])c(-c2cccc(-c3cccc(C(C)(C)C)c3)c2N2[CH-]N(c3[c-]c(Oc4[c-]c5c(c6c4[Si](c4ccccc4)(c4ccccc4)c4ccccc4-6)c4ccccc4n5-c4cc(C([2H])([2H])[2H])ccn4)ccc3)c3ccccc32)c([2H])c1[2H].[Pt]. The Labute approximate surface area is 483 Å². The van der Waals surface area contributed by atoms with E-state index in [1.807, 2.05) is 118 Å². The predicted molar refractivity (Wildman–Crippen MR) is 321 cm³/mol. The van der Waals surface area contributed by atoms with Crippen LogP contribution >= 0.6 is 0 Å². The van der Waals surface area contributed by atoms with Gasteiger partial charge in [-0.1, -0.05) is 240 Å². The van der Waals surface area contributed by atoms with Crippen LogP contribution in [0.1, 0.15) is 42.9 Å². The summed E-state index contributed by atoms with van der Waals surface area (Å²) < 4.78 is 79.5. The molecule has 14 rings (SSSR count). The van der Waals surface area contributed by atoms with E-state index in [-0.39, 0.29) is 49.7 Å². The van der Waals surface area contributed by atoms with Crippen molar-refractivity contribution < 1.29 is 36.8 Å². The molecule has 380 valence electrons. The molecule has 0 fully saturated rings. The van der Waals surface area contributed by atoms with E-state index < -0.39 is 33.1 Å². The quantitative estimate of drug-likeness (QED) is 0.107. The number of anilines is 4. The van der Waals surface area contributed by atoms with Crippen LogP contribution in [0.5, 0.6) is 11.5 Å². The van der Waals surface area contributed by atoms with E-state index in [0.29, 0.717) is 39.8 Å². The van der Waals surface area contributed by atoms with Gasteiger partial charge in [0.05, 0.1) is 6.85 Å². The first-order valence-electron chi connectivity index (χ1n) is 29.8. The number of fused-ring (bicyclic) bond motifs is 8. The van der Waals surface area contributed by atoms with E-state index in [1.54, 1.807) is 18.3 Å². The third-order valence-corrected chi connectivity index (χ3v) is 20.0. The fourth-order valence-corrected chi connectivity index (χ4v) is 17.0. The summed E-state index contributed by atoms with van der Waals surface area (Å²) in [7, 11) is -3.32. The molecule has 0 atom stereocenters. The van der Waals surface area contributed by atoms with Gasteiger partial charge < -0.3 is 19.1 Å². The van der Waals surface area contributed by atoms with Gasteiger partial charge in [-0.2, -0.15) is 6.07 Å². The first kappa shape index (κ1) is 40.7. The van der Waals surface area contributed by atoms with Crippen LogP contribution in [0.25, 0.3) is 61.0 Å². The fourth-order valence-electron chi connectivity index (χ4n) is 11.8. The topological polar surface area (TPSA) is 33.5 Å². The van der Waals surface area contributed by atoms with Crippen LogP contribution in [0.2, 0.25) is 0 Å². The number of aryl methyl sites for hydroxylation is 1. The molecule has 0 radical (unpaired) electrons. The maximum Gasteiger partial charge on any atom is 0.135 e. The van der Waals surface area contributed by atoms with Crippen LogP contribution in [-0.2, 0) is 26.5 Å². The molecule has 78 heavy (non-hydrogen) atoms. The van der Waals surface area contributed by atoms with Crippen LogP contribution in [0, 0.1) is 25.7 Å². The van der Waals surface area contributed by atoms with Gasteiger partial charge in [0.25, 0.3) is 0 Å². The molecule has 0 aliphatic carbocycles. The Hall–Kier alpha value is -8.54. The van der Waals surface area contributed by atoms with Crippen LogP contribution in [0.15, 0.2) is 243 Å². The standard InChI is InChI=1S/C71H53N4OSi.Pt/c1-48-41-42-72-66(43-48)75-60-37-16-14-33-58(60)67-63(75)46-64(70-68(67)59-34-15-19-40-65(59)77(70,54-29-10-6-11-30-54)55-31-12-7-13-32-55)76-53-28-21-27-52(45-53)73-47-74(62-39-18-17-38-61(62)73)69-56(49-23-8-5-9-24-49)35-22-36-57(69)50-25-20-26-51(44-50)71(2,3)4;/h5-44,47H,1-4H3;/q-3;/i1D3,5D,8D,9D,23D,24D;. The first-order chi connectivity index (χ1) is 41.0. The largest absolute Gasteiger partial charge is 0.509 e. The van der Waals surface area contributed by atoms with Gasteiger partial charge in [0.2, 0.25) is 0 Å². The molecule has 2 aromatic heterocycles. The number of ether oxygens (including phenoxy) is 1. The first-order valence-corrected chi connectivity index (χ1v) is 27.8. The number of para-hydroxylation sites is 4. The van der Waals surface area contributed by atoms with Crippen LogP contribution < -0.4 is 35.3 Å². The van der Waals surface area contributed by atoms with Gasteiger partial charge >= 0.3 is 0 Å². The Kier molecular flexibility index (Phi) is 10.2. The number of pyridine rings is 1. The molecule has 0 spiro atoms. The summed E-state index contributed by atoms with van der Waals surface area (Å²) in [4.78, 5) is 8.94. The zero-order valence-electron chi connectivity index (χ0n) is 50.8. The smallest absolute Gasteiger partial charge is 0.135 e. The minimum Gasteiger partial charge on any atom is -0.509 e. The number of rotatable bonds is 9. The fraction of sp³-hybridized carbons (Fsp3) is 0.0704. The summed E-state index contributed by atoms with van der Waals surface area (Å²) in [6.45, 7) is 6.09. The van der Waals surface area contributed by atoms with E-state index in [2.05, 4.69) is 130 Å². The zero-order valence-corrected chi connectivity index (χ0v) is 46.1. The van der Waals surface area contributed by atoms with Crippen molar-refractivity contribution in [1.29, 1.82) is 0 Å². The molecule has 0 bridgehead atoms. The molecule has 0 saturated heterocycles. The second-order valence-corrected chi connectivity index (χ2v) is 24.3. The third-order valence-electron chi connectivity index (χ3n) is 15.1. The Bertz CT molecular complexity index is 4610. The minimum absolute atomic E-state index is 0. The molecular formula is C71H53N4OPtSi-3. The number of nitrogens with zero attached hydrogens (tertiary/aromatic N) is 4. The normalized spacial score (nSPS) is 14.9. The summed E-state index contributed by atoms with van der Waals surface area (Å²) >= 11 is 0. The van der Waals surface area contributed by atoms with Crippen molar-refractivity contribution in [1.82, 2.24) is 9.55 Å². The summed E-state index contributed by atoms with van der Waals surface area (Å²) in [6, 6.07) is 75.1. The molecule has 5 nitrogen and oxygen atoms in total. The van der Waals surface area contributed by atoms with Gasteiger partial charge in [0, 0.05) is 76.6 Å². The maximum absolute atomic E-state index is 9.28. The average molecular weight is 1210 g/mol. The van der Waals surface area contributed by atoms with Crippen molar-refractivity contribution in [2.45, 2.75) is 33.0 Å². The maximum atomic E-state index is 9.28. The molecule has 0 N–H and O–H groups in total. The molecule has 4 heterocycles. The molecular weight excluding hydrogens is 1150 g/mol. The van der Waals surface area contributed by atoms with Crippen molar-refractivity contribution in [3.05, 3.63) is 273 Å². The Morgan fingerprint density at radius 2 is 1.27 bits per heavy atom. The van der Waals surface area contributed by atoms with Gasteiger partial charge in [0.15, 0.2) is 0 Å². The van der Waals surface area contributed by atoms with E-state index in [4.69, 9.17) is 17.9 Å². The van der Waals surface area contributed by atoms with Crippen LogP contribution in [0.3, 0.4) is 0 Å². The number of aromatic nitrogens is 2. The van der Waals surface area contributed by atoms with Gasteiger partial charge in [-0.15, -0.1) is 42.2 Å². The van der Waals surface area contributed by atoms with Crippen molar-refractivity contribution in [3.8, 4) is 50.7 Å². The molecule has 0 unspecified atom stereocenters. The van der Waals surface area contributed by atoms with E-state index in [0.717, 1.165) is 71.0 Å². The molecule has 0 saturated carbocycles. The zero-order chi connectivity index (χ0) is 58.7. The van der Waals surface area contributed by atoms with Gasteiger partial charge in [-0.05, 0) is 75.8 Å². The Morgan fingerprint density at radius 1 is 0.615 bits per heavy atom. The van der Waals surface area contributed by atoms with Gasteiger partial charge in [0.1, 0.15) is 13.9 Å². The second-order valence-electron chi connectivity index (χ2n) is 20.6. The van der Waals surface area contributed by atoms with E-state index in [9.17, 15) is 2.74 Å². The third kappa shape index (κ3) is 7.88. The molecule has 2 aliphatic rings. The summed E-state index contributed by atoms with van der Waals surface area (Å²) in [5, 5.41) is 6.44. The minimum atomic E-state index is -3.32. The van der Waals surface area contributed by atoms with E-state index in [1.165, 1.54) is 5.19 Å².